The van der Waals surface area contributed by atoms with E-state index in [0.717, 1.165) is 0 Å². The minimum Gasteiger partial charge on any atom is -0.389 e. The molecule has 0 saturated carbocycles. The molecule has 1 N–H and O–H groups in total. The van der Waals surface area contributed by atoms with Gasteiger partial charge in [-0.25, -0.2) is 0 Å². The zero-order valence-electron chi connectivity index (χ0n) is 12.8. The van der Waals surface area contributed by atoms with E-state index in [1.807, 2.05) is 6.92 Å². The number of aliphatic hydroxyl groups is 1. The van der Waals surface area contributed by atoms with Crippen LogP contribution in [0.4, 0.5) is 0 Å². The number of rotatable bonds is 6. The van der Waals surface area contributed by atoms with E-state index in [1.54, 1.807) is 14.0 Å². The molecule has 1 rings (SSSR count). The predicted molar refractivity (Wildman–Crippen MR) is 77.3 cm³/mol. The van der Waals surface area contributed by atoms with Gasteiger partial charge in [0, 0.05) is 45.3 Å². The topological polar surface area (TPSA) is 81.2 Å². The molecule has 1 aliphatic rings. The fourth-order valence-corrected chi connectivity index (χ4v) is 2.23. The molecule has 0 bridgehead atoms. The van der Waals surface area contributed by atoms with Gasteiger partial charge in [0.05, 0.1) is 6.10 Å². The molecule has 1 aliphatic heterocycles. The normalized spacial score (nSPS) is 17.0. The van der Waals surface area contributed by atoms with E-state index < -0.39 is 17.9 Å². The number of piperazine rings is 1. The Labute approximate surface area is 124 Å². The first-order chi connectivity index (χ1) is 9.77. The Hall–Kier alpha value is -1.89. The Morgan fingerprint density at radius 2 is 1.86 bits per heavy atom. The minimum atomic E-state index is -0.900. The summed E-state index contributed by atoms with van der Waals surface area (Å²) in [6, 6.07) is 0. The van der Waals surface area contributed by atoms with Gasteiger partial charge in [0.15, 0.2) is 0 Å². The zero-order valence-corrected chi connectivity index (χ0v) is 12.8. The molecular weight excluding hydrogens is 274 g/mol. The molecule has 0 aromatic rings. The summed E-state index contributed by atoms with van der Waals surface area (Å²) in [6.45, 7) is 8.44. The number of likely N-dealkylation sites (N-methyl/N-ethyl adjacent to an activating group) is 2. The van der Waals surface area contributed by atoms with Crippen molar-refractivity contribution in [2.24, 2.45) is 0 Å². The van der Waals surface area contributed by atoms with Gasteiger partial charge >= 0.3 is 11.8 Å². The number of hydrogen-bond donors (Lipinski definition) is 1. The van der Waals surface area contributed by atoms with Crippen molar-refractivity contribution in [2.45, 2.75) is 20.0 Å². The van der Waals surface area contributed by atoms with Crippen molar-refractivity contribution < 1.29 is 19.5 Å². The standard InChI is InChI=1S/C14H23N3O4/c1-5-16-6-7-17(14(21)13(16)20)9-11(18)8-15(4)12(19)10(2)3/h11,18H,2,5-9H2,1,3-4H3. The van der Waals surface area contributed by atoms with Gasteiger partial charge in [-0.1, -0.05) is 6.58 Å². The Balaban J connectivity index is 2.54. The molecule has 21 heavy (non-hydrogen) atoms. The largest absolute Gasteiger partial charge is 0.389 e. The van der Waals surface area contributed by atoms with E-state index >= 15 is 0 Å². The lowest BCUT2D eigenvalue weighted by atomic mass is 10.2. The first kappa shape index (κ1) is 17.2. The number of nitrogens with zero attached hydrogens (tertiary/aromatic N) is 3. The number of hydrogen-bond acceptors (Lipinski definition) is 4. The maximum absolute atomic E-state index is 11.9. The van der Waals surface area contributed by atoms with Crippen LogP contribution in [0.5, 0.6) is 0 Å². The summed E-state index contributed by atoms with van der Waals surface area (Å²) < 4.78 is 0. The van der Waals surface area contributed by atoms with E-state index in [2.05, 4.69) is 6.58 Å². The summed E-state index contributed by atoms with van der Waals surface area (Å²) >= 11 is 0. The molecule has 0 aromatic heterocycles. The molecule has 0 aliphatic carbocycles. The lowest BCUT2D eigenvalue weighted by Gasteiger charge is -2.34. The van der Waals surface area contributed by atoms with Gasteiger partial charge in [0.1, 0.15) is 0 Å². The molecule has 1 heterocycles. The second-order valence-electron chi connectivity index (χ2n) is 5.26. The van der Waals surface area contributed by atoms with E-state index in [1.165, 1.54) is 14.7 Å². The number of amides is 3. The summed E-state index contributed by atoms with van der Waals surface area (Å²) in [5.41, 5.74) is 0.382. The number of β-amino-alcohol motifs (C(OH)–C–C–N with tert-alkyl or cyclic N) is 1. The molecule has 1 saturated heterocycles. The molecular formula is C14H23N3O4. The van der Waals surface area contributed by atoms with Crippen LogP contribution in [0.3, 0.4) is 0 Å². The summed E-state index contributed by atoms with van der Waals surface area (Å²) in [6.07, 6.45) is -0.900. The van der Waals surface area contributed by atoms with Crippen LogP contribution in [-0.2, 0) is 14.4 Å². The molecule has 7 nitrogen and oxygen atoms in total. The van der Waals surface area contributed by atoms with Gasteiger partial charge < -0.3 is 19.8 Å². The van der Waals surface area contributed by atoms with Gasteiger partial charge in [-0.15, -0.1) is 0 Å². The highest BCUT2D eigenvalue weighted by Crippen LogP contribution is 2.07. The number of aliphatic hydroxyl groups excluding tert-OH is 1. The van der Waals surface area contributed by atoms with Gasteiger partial charge in [-0.2, -0.15) is 0 Å². The highest BCUT2D eigenvalue weighted by Gasteiger charge is 2.32. The molecule has 0 spiro atoms. The molecule has 1 unspecified atom stereocenters. The van der Waals surface area contributed by atoms with Crippen LogP contribution in [-0.4, -0.2) is 83.4 Å². The van der Waals surface area contributed by atoms with Gasteiger partial charge in [-0.3, -0.25) is 14.4 Å². The fourth-order valence-electron chi connectivity index (χ4n) is 2.23. The van der Waals surface area contributed by atoms with E-state index in [9.17, 15) is 19.5 Å². The highest BCUT2D eigenvalue weighted by molar-refractivity contribution is 6.35. The van der Waals surface area contributed by atoms with Crippen molar-refractivity contribution in [2.75, 3.05) is 39.8 Å². The van der Waals surface area contributed by atoms with Crippen molar-refractivity contribution in [3.8, 4) is 0 Å². The summed E-state index contributed by atoms with van der Waals surface area (Å²) in [5.74, 6) is -1.40. The van der Waals surface area contributed by atoms with Crippen LogP contribution < -0.4 is 0 Å². The fraction of sp³-hybridized carbons (Fsp3) is 0.643. The van der Waals surface area contributed by atoms with E-state index in [-0.39, 0.29) is 19.0 Å². The lowest BCUT2D eigenvalue weighted by molar-refractivity contribution is -0.156. The third-order valence-electron chi connectivity index (χ3n) is 3.41. The van der Waals surface area contributed by atoms with Crippen molar-refractivity contribution in [3.05, 3.63) is 12.2 Å². The van der Waals surface area contributed by atoms with Gasteiger partial charge in [-0.05, 0) is 13.8 Å². The SMILES string of the molecule is C=C(C)C(=O)N(C)CC(O)CN1CCN(CC)C(=O)C1=O. The van der Waals surface area contributed by atoms with Crippen LogP contribution in [0.25, 0.3) is 0 Å². The minimum absolute atomic E-state index is 0.0376. The Kier molecular flexibility index (Phi) is 5.90. The Bertz CT molecular complexity index is 450. The summed E-state index contributed by atoms with van der Waals surface area (Å²) in [5, 5.41) is 9.99. The predicted octanol–water partition coefficient (Wildman–Crippen LogP) is -0.927. The van der Waals surface area contributed by atoms with Gasteiger partial charge in [0.25, 0.3) is 0 Å². The second kappa shape index (κ2) is 7.21. The van der Waals surface area contributed by atoms with Crippen LogP contribution in [0.2, 0.25) is 0 Å². The number of carbonyl (C=O) groups excluding carboxylic acids is 3. The van der Waals surface area contributed by atoms with E-state index in [4.69, 9.17) is 0 Å². The zero-order chi connectivity index (χ0) is 16.2. The summed E-state index contributed by atoms with van der Waals surface area (Å²) in [7, 11) is 1.56. The van der Waals surface area contributed by atoms with Crippen molar-refractivity contribution in [3.63, 3.8) is 0 Å². The maximum Gasteiger partial charge on any atom is 0.312 e. The van der Waals surface area contributed by atoms with Gasteiger partial charge in [0.2, 0.25) is 5.91 Å². The average molecular weight is 297 g/mol. The lowest BCUT2D eigenvalue weighted by Crippen LogP contribution is -2.56. The maximum atomic E-state index is 11.9. The van der Waals surface area contributed by atoms with E-state index in [0.29, 0.717) is 25.2 Å². The van der Waals surface area contributed by atoms with Crippen molar-refractivity contribution in [1.82, 2.24) is 14.7 Å². The molecule has 0 radical (unpaired) electrons. The first-order valence-corrected chi connectivity index (χ1v) is 6.95. The van der Waals surface area contributed by atoms with Crippen LogP contribution in [0.15, 0.2) is 12.2 Å². The molecule has 1 fully saturated rings. The molecule has 1 atom stereocenters. The molecule has 118 valence electrons. The van der Waals surface area contributed by atoms with Crippen molar-refractivity contribution in [1.29, 1.82) is 0 Å². The first-order valence-electron chi connectivity index (χ1n) is 6.95. The third-order valence-corrected chi connectivity index (χ3v) is 3.41. The summed E-state index contributed by atoms with van der Waals surface area (Å²) in [4.78, 5) is 39.4. The third kappa shape index (κ3) is 4.29. The average Bonchev–Trinajstić information content (AvgIpc) is 2.43. The smallest absolute Gasteiger partial charge is 0.312 e. The van der Waals surface area contributed by atoms with Crippen molar-refractivity contribution >= 4 is 17.7 Å². The monoisotopic (exact) mass is 297 g/mol. The quantitative estimate of drug-likeness (QED) is 0.507. The number of carbonyl (C=O) groups is 3. The molecule has 3 amide bonds. The Morgan fingerprint density at radius 3 is 2.38 bits per heavy atom. The Morgan fingerprint density at radius 1 is 1.33 bits per heavy atom. The van der Waals surface area contributed by atoms with Crippen LogP contribution >= 0.6 is 0 Å². The second-order valence-corrected chi connectivity index (χ2v) is 5.26. The van der Waals surface area contributed by atoms with Crippen LogP contribution in [0.1, 0.15) is 13.8 Å². The molecule has 0 aromatic carbocycles. The highest BCUT2D eigenvalue weighted by atomic mass is 16.3. The van der Waals surface area contributed by atoms with Crippen LogP contribution in [0, 0.1) is 0 Å². The molecule has 7 heteroatoms.